The van der Waals surface area contributed by atoms with Gasteiger partial charge in [0.25, 0.3) is 10.0 Å². The van der Waals surface area contributed by atoms with Crippen LogP contribution in [0.5, 0.6) is 0 Å². The molecule has 0 saturated heterocycles. The highest BCUT2D eigenvalue weighted by molar-refractivity contribution is 9.11. The van der Waals surface area contributed by atoms with Crippen molar-refractivity contribution in [2.75, 3.05) is 6.54 Å². The van der Waals surface area contributed by atoms with Gasteiger partial charge in [0.15, 0.2) is 0 Å². The number of thiophene rings is 1. The summed E-state index contributed by atoms with van der Waals surface area (Å²) in [6.07, 6.45) is 1.39. The average molecular weight is 399 g/mol. The molecule has 0 spiro atoms. The monoisotopic (exact) mass is 397 g/mol. The van der Waals surface area contributed by atoms with Crippen molar-refractivity contribution in [2.24, 2.45) is 7.05 Å². The predicted octanol–water partition coefficient (Wildman–Crippen LogP) is 3.11. The van der Waals surface area contributed by atoms with Crippen LogP contribution in [0.1, 0.15) is 11.8 Å². The van der Waals surface area contributed by atoms with Crippen molar-refractivity contribution in [3.8, 4) is 0 Å². The summed E-state index contributed by atoms with van der Waals surface area (Å²) in [5, 5.41) is 0.0231. The average Bonchev–Trinajstić information content (AvgIpc) is 2.94. The Balaban J connectivity index is 2.33. The molecule has 0 aliphatic carbocycles. The molecule has 0 bridgehead atoms. The maximum atomic E-state index is 12.6. The summed E-state index contributed by atoms with van der Waals surface area (Å²) in [6, 6.07) is 3.79. The van der Waals surface area contributed by atoms with Gasteiger partial charge in [-0.3, -0.25) is 0 Å². The Morgan fingerprint density at radius 3 is 2.65 bits per heavy atom. The lowest BCUT2D eigenvalue weighted by atomic mass is 10.4. The smallest absolute Gasteiger partial charge is 0.263 e. The molecule has 2 heterocycles. The number of hydrogen-bond donors (Lipinski definition) is 0. The molecule has 9 heteroatoms. The number of sulfonamides is 1. The fraction of sp³-hybridized carbons (Fsp3) is 0.364. The van der Waals surface area contributed by atoms with E-state index in [0.29, 0.717) is 13.1 Å². The minimum absolute atomic E-state index is 0.0980. The van der Waals surface area contributed by atoms with Crippen LogP contribution in [0.2, 0.25) is 5.15 Å². The van der Waals surface area contributed by atoms with Crippen molar-refractivity contribution >= 4 is 48.9 Å². The van der Waals surface area contributed by atoms with Gasteiger partial charge in [-0.15, -0.1) is 11.3 Å². The molecule has 0 radical (unpaired) electrons. The van der Waals surface area contributed by atoms with E-state index < -0.39 is 10.0 Å². The molecular formula is C11H13BrClN3O2S2. The summed E-state index contributed by atoms with van der Waals surface area (Å²) in [6.45, 7) is 2.45. The number of hydrogen-bond acceptors (Lipinski definition) is 4. The Bertz CT molecular complexity index is 711. The number of aromatic nitrogens is 2. The fourth-order valence-electron chi connectivity index (χ4n) is 1.67. The normalized spacial score (nSPS) is 12.2. The largest absolute Gasteiger partial charge is 0.324 e. The van der Waals surface area contributed by atoms with Crippen molar-refractivity contribution < 1.29 is 8.42 Å². The molecule has 0 aromatic carbocycles. The van der Waals surface area contributed by atoms with Crippen LogP contribution in [-0.2, 0) is 23.6 Å². The highest BCUT2D eigenvalue weighted by Crippen LogP contribution is 2.27. The standard InChI is InChI=1S/C11H13BrClN3O2S2/c1-3-16(6-8-4-5-9(12)19-8)20(17,18)11-10(13)15(2)7-14-11/h4-5,7H,3,6H2,1-2H3. The summed E-state index contributed by atoms with van der Waals surface area (Å²) in [5.74, 6) is 0. The van der Waals surface area contributed by atoms with Crippen molar-refractivity contribution in [3.05, 3.63) is 32.3 Å². The van der Waals surface area contributed by atoms with Gasteiger partial charge >= 0.3 is 0 Å². The molecule has 0 aliphatic rings. The Labute approximate surface area is 135 Å². The first kappa shape index (κ1) is 16.0. The second-order valence-corrected chi connectivity index (χ2v) is 8.85. The number of nitrogens with zero attached hydrogens (tertiary/aromatic N) is 3. The first-order valence-electron chi connectivity index (χ1n) is 5.77. The van der Waals surface area contributed by atoms with E-state index in [1.54, 1.807) is 14.0 Å². The van der Waals surface area contributed by atoms with Crippen LogP contribution in [0.3, 0.4) is 0 Å². The van der Waals surface area contributed by atoms with Crippen molar-refractivity contribution in [1.82, 2.24) is 13.9 Å². The Morgan fingerprint density at radius 2 is 2.20 bits per heavy atom. The van der Waals surface area contributed by atoms with Crippen molar-refractivity contribution in [1.29, 1.82) is 0 Å². The summed E-state index contributed by atoms with van der Waals surface area (Å²) < 4.78 is 28.9. The van der Waals surface area contributed by atoms with E-state index in [1.807, 2.05) is 12.1 Å². The maximum Gasteiger partial charge on any atom is 0.263 e. The first-order valence-corrected chi connectivity index (χ1v) is 9.20. The highest BCUT2D eigenvalue weighted by Gasteiger charge is 2.29. The second-order valence-electron chi connectivity index (χ2n) is 4.09. The molecule has 0 aliphatic heterocycles. The number of rotatable bonds is 5. The van der Waals surface area contributed by atoms with Crippen LogP contribution >= 0.6 is 38.9 Å². The quantitative estimate of drug-likeness (QED) is 0.777. The van der Waals surface area contributed by atoms with Crippen LogP contribution in [-0.4, -0.2) is 28.8 Å². The third-order valence-electron chi connectivity index (χ3n) is 2.73. The Kier molecular flexibility index (Phi) is 4.91. The number of aryl methyl sites for hydroxylation is 1. The van der Waals surface area contributed by atoms with Gasteiger partial charge in [-0.2, -0.15) is 4.31 Å². The highest BCUT2D eigenvalue weighted by atomic mass is 79.9. The molecular weight excluding hydrogens is 386 g/mol. The van der Waals surface area contributed by atoms with Crippen molar-refractivity contribution in [2.45, 2.75) is 18.5 Å². The summed E-state index contributed by atoms with van der Waals surface area (Å²) in [5.41, 5.74) is 0. The topological polar surface area (TPSA) is 55.2 Å². The molecule has 2 rings (SSSR count). The summed E-state index contributed by atoms with van der Waals surface area (Å²) in [7, 11) is -2.04. The lowest BCUT2D eigenvalue weighted by Crippen LogP contribution is -2.30. The minimum atomic E-state index is -3.69. The number of halogens is 2. The molecule has 2 aromatic heterocycles. The SMILES string of the molecule is CCN(Cc1ccc(Br)s1)S(=O)(=O)c1ncn(C)c1Cl. The van der Waals surface area contributed by atoms with E-state index in [2.05, 4.69) is 20.9 Å². The lowest BCUT2D eigenvalue weighted by Gasteiger charge is -2.18. The van der Waals surface area contributed by atoms with Gasteiger partial charge in [0.05, 0.1) is 10.1 Å². The molecule has 20 heavy (non-hydrogen) atoms. The molecule has 0 N–H and O–H groups in total. The molecule has 110 valence electrons. The van der Waals surface area contributed by atoms with E-state index in [9.17, 15) is 8.42 Å². The van der Waals surface area contributed by atoms with Gasteiger partial charge in [-0.1, -0.05) is 18.5 Å². The van der Waals surface area contributed by atoms with Gasteiger partial charge < -0.3 is 4.57 Å². The van der Waals surface area contributed by atoms with Gasteiger partial charge in [-0.25, -0.2) is 13.4 Å². The molecule has 0 fully saturated rings. The number of imidazole rings is 1. The van der Waals surface area contributed by atoms with Crippen LogP contribution in [0.4, 0.5) is 0 Å². The zero-order valence-electron chi connectivity index (χ0n) is 10.9. The molecule has 2 aromatic rings. The van der Waals surface area contributed by atoms with Crippen LogP contribution < -0.4 is 0 Å². The predicted molar refractivity (Wildman–Crippen MR) is 83.5 cm³/mol. The van der Waals surface area contributed by atoms with Crippen LogP contribution in [0.25, 0.3) is 0 Å². The molecule has 0 unspecified atom stereocenters. The van der Waals surface area contributed by atoms with Crippen molar-refractivity contribution in [3.63, 3.8) is 0 Å². The van der Waals surface area contributed by atoms with E-state index >= 15 is 0 Å². The summed E-state index contributed by atoms with van der Waals surface area (Å²) in [4.78, 5) is 4.85. The maximum absolute atomic E-state index is 12.6. The second kappa shape index (κ2) is 6.15. The van der Waals surface area contributed by atoms with Gasteiger partial charge in [0, 0.05) is 25.0 Å². The van der Waals surface area contributed by atoms with E-state index in [-0.39, 0.29) is 10.2 Å². The zero-order valence-corrected chi connectivity index (χ0v) is 14.9. The molecule has 0 amide bonds. The van der Waals surface area contributed by atoms with Gasteiger partial charge in [0.1, 0.15) is 5.15 Å². The Hall–Kier alpha value is -0.410. The van der Waals surface area contributed by atoms with E-state index in [0.717, 1.165) is 8.66 Å². The van der Waals surface area contributed by atoms with Gasteiger partial charge in [0.2, 0.25) is 5.03 Å². The van der Waals surface area contributed by atoms with Gasteiger partial charge in [-0.05, 0) is 28.1 Å². The summed E-state index contributed by atoms with van der Waals surface area (Å²) >= 11 is 10.9. The molecule has 5 nitrogen and oxygen atoms in total. The minimum Gasteiger partial charge on any atom is -0.324 e. The zero-order chi connectivity index (χ0) is 14.9. The fourth-order valence-corrected chi connectivity index (χ4v) is 5.06. The molecule has 0 atom stereocenters. The lowest BCUT2D eigenvalue weighted by molar-refractivity contribution is 0.424. The van der Waals surface area contributed by atoms with Crippen LogP contribution in [0.15, 0.2) is 27.3 Å². The van der Waals surface area contributed by atoms with E-state index in [4.69, 9.17) is 11.6 Å². The third kappa shape index (κ3) is 3.09. The third-order valence-corrected chi connectivity index (χ3v) is 6.75. The van der Waals surface area contributed by atoms with Crippen LogP contribution in [0, 0.1) is 0 Å². The van der Waals surface area contributed by atoms with E-state index in [1.165, 1.54) is 26.5 Å². The molecule has 0 saturated carbocycles. The Morgan fingerprint density at radius 1 is 1.50 bits per heavy atom. The first-order chi connectivity index (χ1) is 9.36.